The van der Waals surface area contributed by atoms with Gasteiger partial charge in [0.05, 0.1) is 17.0 Å². The van der Waals surface area contributed by atoms with E-state index in [9.17, 15) is 14.4 Å². The van der Waals surface area contributed by atoms with Crippen molar-refractivity contribution in [3.63, 3.8) is 0 Å². The number of amides is 1. The molecule has 0 radical (unpaired) electrons. The first kappa shape index (κ1) is 18.9. The Morgan fingerprint density at radius 3 is 2.32 bits per heavy atom. The van der Waals surface area contributed by atoms with Gasteiger partial charge in [-0.25, -0.2) is 4.79 Å². The fourth-order valence-electron chi connectivity index (χ4n) is 2.61. The molecule has 1 aromatic heterocycles. The summed E-state index contributed by atoms with van der Waals surface area (Å²) in [5.41, 5.74) is 3.26. The lowest BCUT2D eigenvalue weighted by Crippen LogP contribution is -2.18. The van der Waals surface area contributed by atoms with Crippen LogP contribution in [0.25, 0.3) is 0 Å². The van der Waals surface area contributed by atoms with Gasteiger partial charge in [0.1, 0.15) is 0 Å². The summed E-state index contributed by atoms with van der Waals surface area (Å²) in [7, 11) is 0. The molecule has 0 bridgehead atoms. The van der Waals surface area contributed by atoms with Crippen molar-refractivity contribution in [3.05, 3.63) is 56.3 Å². The highest BCUT2D eigenvalue weighted by Gasteiger charge is 2.17. The van der Waals surface area contributed by atoms with Gasteiger partial charge >= 0.3 is 5.97 Å². The second-order valence-corrected chi connectivity index (χ2v) is 7.12. The van der Waals surface area contributed by atoms with Gasteiger partial charge in [-0.2, -0.15) is 0 Å². The van der Waals surface area contributed by atoms with E-state index in [-0.39, 0.29) is 18.3 Å². The van der Waals surface area contributed by atoms with Crippen LogP contribution in [-0.4, -0.2) is 24.3 Å². The minimum atomic E-state index is -0.488. The number of esters is 1. The molecule has 5 nitrogen and oxygen atoms in total. The smallest absolute Gasteiger partial charge is 0.339 e. The summed E-state index contributed by atoms with van der Waals surface area (Å²) in [6.45, 7) is 7.20. The molecule has 0 atom stereocenters. The number of thiophene rings is 1. The van der Waals surface area contributed by atoms with Crippen LogP contribution in [0.2, 0.25) is 0 Å². The van der Waals surface area contributed by atoms with Gasteiger partial charge in [0.15, 0.2) is 6.61 Å². The summed E-state index contributed by atoms with van der Waals surface area (Å²) in [5.74, 6) is -0.868. The van der Waals surface area contributed by atoms with Crippen molar-refractivity contribution >= 4 is 29.0 Å². The lowest BCUT2D eigenvalue weighted by molar-refractivity contribution is -0.119. The van der Waals surface area contributed by atoms with Crippen LogP contribution in [0.15, 0.2) is 24.3 Å². The highest BCUT2D eigenvalue weighted by molar-refractivity contribution is 7.14. The Morgan fingerprint density at radius 1 is 1.08 bits per heavy atom. The van der Waals surface area contributed by atoms with E-state index >= 15 is 0 Å². The predicted molar refractivity (Wildman–Crippen MR) is 97.1 cm³/mol. The zero-order chi connectivity index (χ0) is 18.6. The van der Waals surface area contributed by atoms with Crippen LogP contribution in [0.5, 0.6) is 0 Å². The summed E-state index contributed by atoms with van der Waals surface area (Å²) in [6, 6.07) is 7.29. The number of rotatable bonds is 6. The van der Waals surface area contributed by atoms with E-state index in [1.54, 1.807) is 12.1 Å². The molecule has 0 aliphatic carbocycles. The molecule has 0 fully saturated rings. The third-order valence-corrected chi connectivity index (χ3v) is 4.79. The first-order valence-corrected chi connectivity index (χ1v) is 8.71. The fraction of sp³-hybridized carbons (Fsp3) is 0.316. The second-order valence-electron chi connectivity index (χ2n) is 5.95. The Morgan fingerprint density at radius 2 is 1.72 bits per heavy atom. The third kappa shape index (κ3) is 5.00. The van der Waals surface area contributed by atoms with Crippen molar-refractivity contribution in [1.82, 2.24) is 5.32 Å². The van der Waals surface area contributed by atoms with Gasteiger partial charge < -0.3 is 10.1 Å². The van der Waals surface area contributed by atoms with Crippen LogP contribution in [0.1, 0.15) is 48.5 Å². The van der Waals surface area contributed by atoms with E-state index < -0.39 is 5.97 Å². The van der Waals surface area contributed by atoms with Gasteiger partial charge in [-0.05, 0) is 44.0 Å². The predicted octanol–water partition coefficient (Wildman–Crippen LogP) is 3.35. The summed E-state index contributed by atoms with van der Waals surface area (Å²) < 4.78 is 5.20. The van der Waals surface area contributed by atoms with Crippen molar-refractivity contribution in [2.75, 3.05) is 6.61 Å². The highest BCUT2D eigenvalue weighted by Crippen LogP contribution is 2.19. The molecule has 1 amide bonds. The lowest BCUT2D eigenvalue weighted by Gasteiger charge is -2.10. The topological polar surface area (TPSA) is 72.5 Å². The van der Waals surface area contributed by atoms with Crippen LogP contribution in [0, 0.1) is 20.8 Å². The first-order valence-electron chi connectivity index (χ1n) is 7.89. The molecule has 0 unspecified atom stereocenters. The average Bonchev–Trinajstić information content (AvgIpc) is 2.98. The van der Waals surface area contributed by atoms with E-state index in [1.165, 1.54) is 18.3 Å². The Labute approximate surface area is 151 Å². The number of carbonyl (C=O) groups is 3. The quantitative estimate of drug-likeness (QED) is 0.634. The van der Waals surface area contributed by atoms with Crippen LogP contribution in [0.3, 0.4) is 0 Å². The Hall–Kier alpha value is -2.47. The number of benzene rings is 1. The fourth-order valence-corrected chi connectivity index (χ4v) is 3.48. The average molecular weight is 359 g/mol. The van der Waals surface area contributed by atoms with E-state index in [0.717, 1.165) is 21.6 Å². The maximum Gasteiger partial charge on any atom is 0.339 e. The van der Waals surface area contributed by atoms with Gasteiger partial charge in [-0.1, -0.05) is 17.7 Å². The minimum absolute atomic E-state index is 0.126. The van der Waals surface area contributed by atoms with Crippen molar-refractivity contribution < 1.29 is 19.1 Å². The summed E-state index contributed by atoms with van der Waals surface area (Å²) >= 11 is 1.28. The highest BCUT2D eigenvalue weighted by atomic mass is 32.1. The number of ether oxygens (including phenoxy) is 1. The Bertz CT molecular complexity index is 800. The molecule has 0 aliphatic heterocycles. The number of nitrogens with one attached hydrogen (secondary N) is 1. The van der Waals surface area contributed by atoms with Crippen LogP contribution >= 0.6 is 11.3 Å². The Balaban J connectivity index is 1.98. The zero-order valence-corrected chi connectivity index (χ0v) is 15.6. The van der Waals surface area contributed by atoms with E-state index in [4.69, 9.17) is 4.74 Å². The van der Waals surface area contributed by atoms with Gasteiger partial charge in [0.2, 0.25) is 11.7 Å². The first-order chi connectivity index (χ1) is 11.8. The molecule has 1 aromatic carbocycles. The zero-order valence-electron chi connectivity index (χ0n) is 14.8. The number of hydrogen-bond donors (Lipinski definition) is 1. The molecular formula is C19H21NO4S. The largest absolute Gasteiger partial charge is 0.454 e. The van der Waals surface area contributed by atoms with Gasteiger partial charge in [0, 0.05) is 11.8 Å². The minimum Gasteiger partial charge on any atom is -0.454 e. The summed E-state index contributed by atoms with van der Waals surface area (Å²) in [6.07, 6.45) is 0. The van der Waals surface area contributed by atoms with Crippen molar-refractivity contribution in [1.29, 1.82) is 0 Å². The standard InChI is InChI=1S/C19H21NO4S/c1-11-7-12(2)18(13(3)8-11)19(23)24-10-16(22)17-6-5-15(25-17)9-20-14(4)21/h5-8H,9-10H2,1-4H3,(H,20,21). The van der Waals surface area contributed by atoms with Gasteiger partial charge in [-0.15, -0.1) is 11.3 Å². The molecule has 0 spiro atoms. The molecule has 2 aromatic rings. The van der Waals surface area contributed by atoms with Gasteiger partial charge in [0.25, 0.3) is 0 Å². The van der Waals surface area contributed by atoms with Crippen molar-refractivity contribution in [2.24, 2.45) is 0 Å². The number of aryl methyl sites for hydroxylation is 3. The van der Waals surface area contributed by atoms with Gasteiger partial charge in [-0.3, -0.25) is 9.59 Å². The lowest BCUT2D eigenvalue weighted by atomic mass is 10.00. The van der Waals surface area contributed by atoms with E-state index in [2.05, 4.69) is 5.32 Å². The third-order valence-electron chi connectivity index (χ3n) is 3.66. The maximum atomic E-state index is 12.3. The molecule has 2 rings (SSSR count). The van der Waals surface area contributed by atoms with Crippen LogP contribution in [0.4, 0.5) is 0 Å². The molecule has 25 heavy (non-hydrogen) atoms. The summed E-state index contributed by atoms with van der Waals surface area (Å²) in [5, 5.41) is 2.68. The number of Topliss-reactive ketones (excluding diaryl/α,β-unsaturated/α-hetero) is 1. The van der Waals surface area contributed by atoms with E-state index in [0.29, 0.717) is 17.0 Å². The normalized spacial score (nSPS) is 10.4. The molecule has 6 heteroatoms. The number of carbonyl (C=O) groups excluding carboxylic acids is 3. The summed E-state index contributed by atoms with van der Waals surface area (Å²) in [4.78, 5) is 36.8. The molecule has 0 aliphatic rings. The molecule has 0 saturated heterocycles. The second kappa shape index (κ2) is 8.07. The number of hydrogen-bond acceptors (Lipinski definition) is 5. The molecule has 132 valence electrons. The molecule has 1 heterocycles. The monoisotopic (exact) mass is 359 g/mol. The Kier molecular flexibility index (Phi) is 6.09. The van der Waals surface area contributed by atoms with Crippen molar-refractivity contribution in [3.8, 4) is 0 Å². The SMILES string of the molecule is CC(=O)NCc1ccc(C(=O)COC(=O)c2c(C)cc(C)cc2C)s1. The van der Waals surface area contributed by atoms with Crippen LogP contribution < -0.4 is 5.32 Å². The molecular weight excluding hydrogens is 338 g/mol. The molecule has 1 N–H and O–H groups in total. The van der Waals surface area contributed by atoms with Crippen molar-refractivity contribution in [2.45, 2.75) is 34.2 Å². The van der Waals surface area contributed by atoms with Crippen LogP contribution in [-0.2, 0) is 16.1 Å². The maximum absolute atomic E-state index is 12.3. The molecule has 0 saturated carbocycles. The number of ketones is 1. The van der Waals surface area contributed by atoms with E-state index in [1.807, 2.05) is 32.9 Å².